The summed E-state index contributed by atoms with van der Waals surface area (Å²) in [4.78, 5) is 23.1. The molecule has 78 valence electrons. The summed E-state index contributed by atoms with van der Waals surface area (Å²) in [6.07, 6.45) is 2.73. The minimum absolute atomic E-state index is 0.266. The fourth-order valence-electron chi connectivity index (χ4n) is 1.21. The smallest absolute Gasteiger partial charge is 0.328 e. The molecule has 1 amide bonds. The van der Waals surface area contributed by atoms with Crippen LogP contribution in [0.2, 0.25) is 0 Å². The number of hydrogen-bond donors (Lipinski definition) is 1. The number of hydrogen-bond acceptors (Lipinski definition) is 3. The molecule has 1 aliphatic rings. The summed E-state index contributed by atoms with van der Waals surface area (Å²) in [5, 5.41) is 8.33. The fourth-order valence-corrected chi connectivity index (χ4v) is 1.21. The molecule has 0 aliphatic carbocycles. The molecule has 0 aromatic heterocycles. The Bertz CT molecular complexity index is 241. The summed E-state index contributed by atoms with van der Waals surface area (Å²) in [6, 6.07) is 0. The summed E-state index contributed by atoms with van der Waals surface area (Å²) in [7, 11) is 0. The second kappa shape index (κ2) is 5.39. The second-order valence-corrected chi connectivity index (χ2v) is 2.96. The van der Waals surface area contributed by atoms with E-state index in [1.807, 2.05) is 0 Å². The number of carbonyl (C=O) groups excluding carboxylic acids is 1. The van der Waals surface area contributed by atoms with Crippen molar-refractivity contribution in [1.82, 2.24) is 4.90 Å². The Morgan fingerprint density at radius 1 is 1.21 bits per heavy atom. The van der Waals surface area contributed by atoms with Gasteiger partial charge in [0.1, 0.15) is 0 Å². The van der Waals surface area contributed by atoms with Gasteiger partial charge in [0.2, 0.25) is 5.91 Å². The van der Waals surface area contributed by atoms with Crippen LogP contribution < -0.4 is 0 Å². The van der Waals surface area contributed by atoms with E-state index in [1.54, 1.807) is 4.90 Å². The molecular formula is C9H13NO4. The normalized spacial score (nSPS) is 18.1. The van der Waals surface area contributed by atoms with Gasteiger partial charge in [0.05, 0.1) is 6.61 Å². The van der Waals surface area contributed by atoms with E-state index in [0.717, 1.165) is 18.6 Å². The van der Waals surface area contributed by atoms with Crippen LogP contribution in [0.15, 0.2) is 12.2 Å². The minimum atomic E-state index is -1.11. The summed E-state index contributed by atoms with van der Waals surface area (Å²) in [6.45, 7) is 2.34. The third-order valence-electron chi connectivity index (χ3n) is 1.90. The quantitative estimate of drug-likeness (QED) is 0.629. The van der Waals surface area contributed by atoms with E-state index in [0.29, 0.717) is 26.3 Å². The number of nitrogens with zero attached hydrogens (tertiary/aromatic N) is 1. The van der Waals surface area contributed by atoms with Crippen LogP contribution in [-0.2, 0) is 14.3 Å². The van der Waals surface area contributed by atoms with Gasteiger partial charge >= 0.3 is 5.97 Å². The minimum Gasteiger partial charge on any atom is -0.478 e. The Morgan fingerprint density at radius 2 is 2.00 bits per heavy atom. The number of amides is 1. The molecule has 0 aromatic rings. The number of carbonyl (C=O) groups is 2. The van der Waals surface area contributed by atoms with Gasteiger partial charge in [-0.25, -0.2) is 4.79 Å². The van der Waals surface area contributed by atoms with Crippen LogP contribution in [0.25, 0.3) is 0 Å². The largest absolute Gasteiger partial charge is 0.478 e. The van der Waals surface area contributed by atoms with E-state index < -0.39 is 5.97 Å². The fraction of sp³-hybridized carbons (Fsp3) is 0.556. The lowest BCUT2D eigenvalue weighted by Gasteiger charge is -2.16. The Balaban J connectivity index is 2.45. The summed E-state index contributed by atoms with van der Waals surface area (Å²) >= 11 is 0. The van der Waals surface area contributed by atoms with Crippen molar-refractivity contribution in [2.75, 3.05) is 26.3 Å². The molecule has 1 heterocycles. The second-order valence-electron chi connectivity index (χ2n) is 2.96. The van der Waals surface area contributed by atoms with Crippen LogP contribution in [0, 0.1) is 0 Å². The Labute approximate surface area is 82.0 Å². The molecule has 0 bridgehead atoms. The van der Waals surface area contributed by atoms with Crippen LogP contribution >= 0.6 is 0 Å². The van der Waals surface area contributed by atoms with Crippen LogP contribution in [0.1, 0.15) is 6.42 Å². The topological polar surface area (TPSA) is 66.8 Å². The Hall–Kier alpha value is -1.36. The lowest BCUT2D eigenvalue weighted by atomic mass is 10.3. The molecule has 0 unspecified atom stereocenters. The Kier molecular flexibility index (Phi) is 4.12. The third kappa shape index (κ3) is 3.57. The van der Waals surface area contributed by atoms with E-state index in [4.69, 9.17) is 9.84 Å². The molecule has 1 fully saturated rings. The van der Waals surface area contributed by atoms with Gasteiger partial charge in [0.15, 0.2) is 0 Å². The maximum absolute atomic E-state index is 11.4. The van der Waals surface area contributed by atoms with Gasteiger partial charge < -0.3 is 14.7 Å². The van der Waals surface area contributed by atoms with Crippen molar-refractivity contribution in [3.8, 4) is 0 Å². The van der Waals surface area contributed by atoms with Crippen molar-refractivity contribution in [3.63, 3.8) is 0 Å². The lowest BCUT2D eigenvalue weighted by Crippen LogP contribution is -2.31. The van der Waals surface area contributed by atoms with E-state index in [-0.39, 0.29) is 5.91 Å². The molecule has 1 rings (SSSR count). The first-order valence-electron chi connectivity index (χ1n) is 4.48. The Morgan fingerprint density at radius 3 is 2.71 bits per heavy atom. The molecule has 5 nitrogen and oxygen atoms in total. The zero-order valence-electron chi connectivity index (χ0n) is 7.81. The highest BCUT2D eigenvalue weighted by Crippen LogP contribution is 2.00. The van der Waals surface area contributed by atoms with Crippen molar-refractivity contribution in [2.45, 2.75) is 6.42 Å². The molecule has 0 atom stereocenters. The van der Waals surface area contributed by atoms with Gasteiger partial charge in [0, 0.05) is 31.8 Å². The molecule has 0 aromatic carbocycles. The van der Waals surface area contributed by atoms with Crippen LogP contribution in [-0.4, -0.2) is 48.2 Å². The number of rotatable bonds is 2. The SMILES string of the molecule is O=C(O)C=CC(=O)N1CCCOCC1. The standard InChI is InChI=1S/C9H13NO4/c11-8(2-3-9(12)13)10-4-1-6-14-7-5-10/h2-3H,1,4-7H2,(H,12,13). The van der Waals surface area contributed by atoms with Gasteiger partial charge in [-0.3, -0.25) is 4.79 Å². The molecule has 1 saturated heterocycles. The third-order valence-corrected chi connectivity index (χ3v) is 1.90. The maximum atomic E-state index is 11.4. The highest BCUT2D eigenvalue weighted by molar-refractivity contribution is 5.93. The van der Waals surface area contributed by atoms with E-state index in [2.05, 4.69) is 0 Å². The van der Waals surface area contributed by atoms with Crippen molar-refractivity contribution < 1.29 is 19.4 Å². The lowest BCUT2D eigenvalue weighted by molar-refractivity contribution is -0.132. The molecule has 14 heavy (non-hydrogen) atoms. The van der Waals surface area contributed by atoms with Crippen molar-refractivity contribution >= 4 is 11.9 Å². The van der Waals surface area contributed by atoms with Gasteiger partial charge in [-0.05, 0) is 6.42 Å². The van der Waals surface area contributed by atoms with Crippen LogP contribution in [0.3, 0.4) is 0 Å². The van der Waals surface area contributed by atoms with Gasteiger partial charge in [-0.2, -0.15) is 0 Å². The molecule has 0 saturated carbocycles. The number of carboxylic acids is 1. The average Bonchev–Trinajstić information content (AvgIpc) is 2.42. The van der Waals surface area contributed by atoms with Crippen LogP contribution in [0.4, 0.5) is 0 Å². The summed E-state index contributed by atoms with van der Waals surface area (Å²) in [5.41, 5.74) is 0. The average molecular weight is 199 g/mol. The van der Waals surface area contributed by atoms with Gasteiger partial charge in [-0.1, -0.05) is 0 Å². The summed E-state index contributed by atoms with van der Waals surface area (Å²) < 4.78 is 5.17. The van der Waals surface area contributed by atoms with Crippen molar-refractivity contribution in [2.24, 2.45) is 0 Å². The highest BCUT2D eigenvalue weighted by atomic mass is 16.5. The molecule has 0 spiro atoms. The van der Waals surface area contributed by atoms with Crippen molar-refractivity contribution in [3.05, 3.63) is 12.2 Å². The van der Waals surface area contributed by atoms with Crippen molar-refractivity contribution in [1.29, 1.82) is 0 Å². The molecular weight excluding hydrogens is 186 g/mol. The monoisotopic (exact) mass is 199 g/mol. The predicted molar refractivity (Wildman–Crippen MR) is 48.8 cm³/mol. The predicted octanol–water partition coefficient (Wildman–Crippen LogP) is -0.124. The maximum Gasteiger partial charge on any atom is 0.328 e. The first-order valence-corrected chi connectivity index (χ1v) is 4.48. The first-order chi connectivity index (χ1) is 6.70. The molecule has 1 aliphatic heterocycles. The number of ether oxygens (including phenoxy) is 1. The van der Waals surface area contributed by atoms with E-state index in [1.165, 1.54) is 0 Å². The van der Waals surface area contributed by atoms with E-state index >= 15 is 0 Å². The zero-order chi connectivity index (χ0) is 10.4. The molecule has 0 radical (unpaired) electrons. The van der Waals surface area contributed by atoms with Gasteiger partial charge in [0.25, 0.3) is 0 Å². The van der Waals surface area contributed by atoms with Crippen LogP contribution in [0.5, 0.6) is 0 Å². The number of aliphatic carboxylic acids is 1. The molecule has 5 heteroatoms. The molecule has 1 N–H and O–H groups in total. The van der Waals surface area contributed by atoms with E-state index in [9.17, 15) is 9.59 Å². The summed E-state index contributed by atoms with van der Waals surface area (Å²) in [5.74, 6) is -1.37. The van der Waals surface area contributed by atoms with Gasteiger partial charge in [-0.15, -0.1) is 0 Å². The highest BCUT2D eigenvalue weighted by Gasteiger charge is 2.12. The number of carboxylic acid groups (broad SMARTS) is 1. The zero-order valence-corrected chi connectivity index (χ0v) is 7.81. The first kappa shape index (κ1) is 10.7.